The van der Waals surface area contributed by atoms with E-state index in [1.165, 1.54) is 4.90 Å². The third kappa shape index (κ3) is 4.12. The molecule has 1 N–H and O–H groups in total. The summed E-state index contributed by atoms with van der Waals surface area (Å²) in [6.45, 7) is 6.05. The Balaban J connectivity index is 1.56. The van der Waals surface area contributed by atoms with E-state index in [-0.39, 0.29) is 25.0 Å². The van der Waals surface area contributed by atoms with E-state index in [0.29, 0.717) is 18.9 Å². The number of aliphatic hydroxyl groups is 1. The molecule has 1 aromatic rings. The monoisotopic (exact) mass is 387 g/mol. The van der Waals surface area contributed by atoms with Gasteiger partial charge in [0.25, 0.3) is 0 Å². The minimum absolute atomic E-state index is 0.0954. The first-order chi connectivity index (χ1) is 12.4. The number of pyridine rings is 1. The maximum absolute atomic E-state index is 12.9. The van der Waals surface area contributed by atoms with Crippen LogP contribution in [0.15, 0.2) is 18.3 Å². The maximum atomic E-state index is 12.9. The SMILES string of the molecule is CC(C)(C)OC(=O)N1CC(c2ccc(N3CCC(O)(C(F)(F)F)C3)nc2)C1. The summed E-state index contributed by atoms with van der Waals surface area (Å²) < 4.78 is 44.1. The molecule has 150 valence electrons. The molecule has 2 saturated heterocycles. The van der Waals surface area contributed by atoms with Gasteiger partial charge in [0.2, 0.25) is 0 Å². The van der Waals surface area contributed by atoms with Crippen LogP contribution in [0.4, 0.5) is 23.8 Å². The van der Waals surface area contributed by atoms with Crippen LogP contribution in [0.1, 0.15) is 38.7 Å². The van der Waals surface area contributed by atoms with E-state index in [9.17, 15) is 23.1 Å². The lowest BCUT2D eigenvalue weighted by molar-refractivity contribution is -0.250. The van der Waals surface area contributed by atoms with E-state index >= 15 is 0 Å². The Morgan fingerprint density at radius 1 is 1.30 bits per heavy atom. The van der Waals surface area contributed by atoms with E-state index in [2.05, 4.69) is 4.98 Å². The molecule has 1 amide bonds. The van der Waals surface area contributed by atoms with Gasteiger partial charge in [-0.2, -0.15) is 13.2 Å². The summed E-state index contributed by atoms with van der Waals surface area (Å²) >= 11 is 0. The van der Waals surface area contributed by atoms with Crippen molar-refractivity contribution in [2.45, 2.75) is 50.5 Å². The Bertz CT molecular complexity index is 697. The number of nitrogens with zero attached hydrogens (tertiary/aromatic N) is 3. The zero-order valence-corrected chi connectivity index (χ0v) is 15.6. The summed E-state index contributed by atoms with van der Waals surface area (Å²) in [5.74, 6) is 0.534. The topological polar surface area (TPSA) is 65.9 Å². The van der Waals surface area contributed by atoms with E-state index < -0.39 is 23.9 Å². The van der Waals surface area contributed by atoms with Gasteiger partial charge in [-0.25, -0.2) is 9.78 Å². The summed E-state index contributed by atoms with van der Waals surface area (Å²) in [5, 5.41) is 9.77. The number of halogens is 3. The van der Waals surface area contributed by atoms with Crippen molar-refractivity contribution in [3.05, 3.63) is 23.9 Å². The van der Waals surface area contributed by atoms with Crippen LogP contribution in [0.2, 0.25) is 0 Å². The highest BCUT2D eigenvalue weighted by atomic mass is 19.4. The molecule has 0 aromatic carbocycles. The third-order valence-electron chi connectivity index (χ3n) is 4.87. The van der Waals surface area contributed by atoms with E-state index in [1.54, 1.807) is 17.2 Å². The molecule has 0 radical (unpaired) electrons. The molecule has 3 heterocycles. The molecule has 27 heavy (non-hydrogen) atoms. The molecule has 1 aromatic heterocycles. The molecule has 2 fully saturated rings. The number of hydrogen-bond donors (Lipinski definition) is 1. The fraction of sp³-hybridized carbons (Fsp3) is 0.667. The minimum Gasteiger partial charge on any atom is -0.444 e. The zero-order valence-electron chi connectivity index (χ0n) is 15.6. The van der Waals surface area contributed by atoms with Crippen LogP contribution in [0, 0.1) is 0 Å². The lowest BCUT2D eigenvalue weighted by Crippen LogP contribution is -2.50. The van der Waals surface area contributed by atoms with Crippen molar-refractivity contribution in [1.82, 2.24) is 9.88 Å². The number of aromatic nitrogens is 1. The van der Waals surface area contributed by atoms with Crippen molar-refractivity contribution in [1.29, 1.82) is 0 Å². The molecule has 2 aliphatic heterocycles. The summed E-state index contributed by atoms with van der Waals surface area (Å²) in [7, 11) is 0. The van der Waals surface area contributed by atoms with Crippen LogP contribution in [0.25, 0.3) is 0 Å². The fourth-order valence-electron chi connectivity index (χ4n) is 3.21. The lowest BCUT2D eigenvalue weighted by atomic mass is 9.93. The normalized spacial score (nSPS) is 24.1. The van der Waals surface area contributed by atoms with Crippen molar-refractivity contribution in [3.8, 4) is 0 Å². The fourth-order valence-corrected chi connectivity index (χ4v) is 3.21. The molecule has 9 heteroatoms. The van der Waals surface area contributed by atoms with Crippen molar-refractivity contribution in [3.63, 3.8) is 0 Å². The van der Waals surface area contributed by atoms with Crippen molar-refractivity contribution < 1.29 is 27.8 Å². The maximum Gasteiger partial charge on any atom is 0.418 e. The second-order valence-corrected chi connectivity index (χ2v) is 8.23. The van der Waals surface area contributed by atoms with Gasteiger partial charge in [-0.1, -0.05) is 6.07 Å². The molecular weight excluding hydrogens is 363 g/mol. The smallest absolute Gasteiger partial charge is 0.418 e. The van der Waals surface area contributed by atoms with Gasteiger partial charge < -0.3 is 19.6 Å². The first kappa shape index (κ1) is 19.7. The molecule has 0 saturated carbocycles. The largest absolute Gasteiger partial charge is 0.444 e. The number of likely N-dealkylation sites (tertiary alicyclic amines) is 1. The highest BCUT2D eigenvalue weighted by Crippen LogP contribution is 2.39. The zero-order chi connectivity index (χ0) is 20.0. The lowest BCUT2D eigenvalue weighted by Gasteiger charge is -2.40. The number of anilines is 1. The molecule has 3 rings (SSSR count). The van der Waals surface area contributed by atoms with Crippen LogP contribution in [0.3, 0.4) is 0 Å². The summed E-state index contributed by atoms with van der Waals surface area (Å²) in [6.07, 6.45) is -3.75. The van der Waals surface area contributed by atoms with Gasteiger partial charge in [0.1, 0.15) is 11.4 Å². The Morgan fingerprint density at radius 3 is 2.44 bits per heavy atom. The Labute approximate surface area is 155 Å². The second-order valence-electron chi connectivity index (χ2n) is 8.23. The molecular formula is C18H24F3N3O3. The van der Waals surface area contributed by atoms with Gasteiger partial charge in [0.15, 0.2) is 5.60 Å². The number of alkyl halides is 3. The Kier molecular flexibility index (Phi) is 4.78. The molecule has 0 aliphatic carbocycles. The number of ether oxygens (including phenoxy) is 1. The molecule has 0 bridgehead atoms. The van der Waals surface area contributed by atoms with Crippen molar-refractivity contribution >= 4 is 11.9 Å². The molecule has 1 unspecified atom stereocenters. The number of rotatable bonds is 2. The van der Waals surface area contributed by atoms with Crippen LogP contribution in [0.5, 0.6) is 0 Å². The number of carbonyl (C=O) groups excluding carboxylic acids is 1. The van der Waals surface area contributed by atoms with Gasteiger partial charge in [-0.15, -0.1) is 0 Å². The van der Waals surface area contributed by atoms with Crippen molar-refractivity contribution in [2.75, 3.05) is 31.1 Å². The number of carbonyl (C=O) groups is 1. The Hall–Kier alpha value is -2.03. The average Bonchev–Trinajstić information content (AvgIpc) is 2.88. The molecule has 1 atom stereocenters. The number of amides is 1. The van der Waals surface area contributed by atoms with Crippen LogP contribution < -0.4 is 4.90 Å². The van der Waals surface area contributed by atoms with Crippen molar-refractivity contribution in [2.24, 2.45) is 0 Å². The Morgan fingerprint density at radius 2 is 1.96 bits per heavy atom. The molecule has 6 nitrogen and oxygen atoms in total. The van der Waals surface area contributed by atoms with Gasteiger partial charge in [0.05, 0.1) is 6.54 Å². The number of hydrogen-bond acceptors (Lipinski definition) is 5. The van der Waals surface area contributed by atoms with Gasteiger partial charge >= 0.3 is 12.3 Å². The predicted octanol–water partition coefficient (Wildman–Crippen LogP) is 2.92. The van der Waals surface area contributed by atoms with Crippen LogP contribution in [-0.4, -0.2) is 64.6 Å². The summed E-state index contributed by atoms with van der Waals surface area (Å²) in [6, 6.07) is 3.47. The van der Waals surface area contributed by atoms with E-state index in [1.807, 2.05) is 26.8 Å². The third-order valence-corrected chi connectivity index (χ3v) is 4.87. The first-order valence-corrected chi connectivity index (χ1v) is 8.86. The highest BCUT2D eigenvalue weighted by Gasteiger charge is 2.57. The molecule has 2 aliphatic rings. The second kappa shape index (κ2) is 6.54. The first-order valence-electron chi connectivity index (χ1n) is 8.86. The average molecular weight is 387 g/mol. The highest BCUT2D eigenvalue weighted by molar-refractivity contribution is 5.69. The predicted molar refractivity (Wildman–Crippen MR) is 92.6 cm³/mol. The molecule has 0 spiro atoms. The quantitative estimate of drug-likeness (QED) is 0.845. The summed E-state index contributed by atoms with van der Waals surface area (Å²) in [5.41, 5.74) is -2.31. The van der Waals surface area contributed by atoms with Gasteiger partial charge in [-0.3, -0.25) is 0 Å². The van der Waals surface area contributed by atoms with Gasteiger partial charge in [0, 0.05) is 38.2 Å². The van der Waals surface area contributed by atoms with Gasteiger partial charge in [-0.05, 0) is 32.4 Å². The van der Waals surface area contributed by atoms with Crippen LogP contribution in [-0.2, 0) is 4.74 Å². The van der Waals surface area contributed by atoms with Crippen LogP contribution >= 0.6 is 0 Å². The number of β-amino-alcohol motifs (C(OH)–C–C–N with tert-alkyl or cyclic N) is 1. The van der Waals surface area contributed by atoms with E-state index in [4.69, 9.17) is 4.74 Å². The summed E-state index contributed by atoms with van der Waals surface area (Å²) in [4.78, 5) is 19.2. The van der Waals surface area contributed by atoms with E-state index in [0.717, 1.165) is 5.56 Å². The minimum atomic E-state index is -4.65. The standard InChI is InChI=1S/C18H24F3N3O3/c1-16(2,3)27-15(25)24-9-13(10-24)12-4-5-14(22-8-12)23-7-6-17(26,11-23)18(19,20)21/h4-5,8,13,26H,6-7,9-11H2,1-3H3.